The first-order valence-electron chi connectivity index (χ1n) is 9.57. The second-order valence-electron chi connectivity index (χ2n) is 9.29. The van der Waals surface area contributed by atoms with Crippen LogP contribution in [0.25, 0.3) is 0 Å². The SMILES string of the molecule is C=CC1CCC2C3CC(C)CC(C)(CCC)C3CCC12C. The molecule has 3 aliphatic carbocycles. The average Bonchev–Trinajstić information content (AvgIpc) is 2.75. The fourth-order valence-electron chi connectivity index (χ4n) is 7.26. The van der Waals surface area contributed by atoms with Crippen molar-refractivity contribution in [2.24, 2.45) is 40.4 Å². The summed E-state index contributed by atoms with van der Waals surface area (Å²) in [6.45, 7) is 14.3. The van der Waals surface area contributed by atoms with Crippen molar-refractivity contribution in [1.29, 1.82) is 0 Å². The van der Waals surface area contributed by atoms with Crippen molar-refractivity contribution in [3.8, 4) is 0 Å². The Morgan fingerprint density at radius 2 is 1.90 bits per heavy atom. The molecule has 3 fully saturated rings. The van der Waals surface area contributed by atoms with Gasteiger partial charge in [0.25, 0.3) is 0 Å². The third kappa shape index (κ3) is 2.32. The molecular weight excluding hydrogens is 252 g/mol. The van der Waals surface area contributed by atoms with E-state index >= 15 is 0 Å². The summed E-state index contributed by atoms with van der Waals surface area (Å²) in [6.07, 6.45) is 13.9. The molecule has 0 saturated heterocycles. The first-order chi connectivity index (χ1) is 9.94. The molecule has 0 heterocycles. The zero-order valence-corrected chi connectivity index (χ0v) is 14.8. The summed E-state index contributed by atoms with van der Waals surface area (Å²) in [5, 5.41) is 0. The fraction of sp³-hybridized carbons (Fsp3) is 0.905. The van der Waals surface area contributed by atoms with Gasteiger partial charge in [-0.15, -0.1) is 6.58 Å². The van der Waals surface area contributed by atoms with Gasteiger partial charge in [0.15, 0.2) is 0 Å². The molecule has 3 rings (SSSR count). The summed E-state index contributed by atoms with van der Waals surface area (Å²) in [5.74, 6) is 4.73. The Morgan fingerprint density at radius 3 is 2.57 bits per heavy atom. The first-order valence-corrected chi connectivity index (χ1v) is 9.57. The molecule has 0 aliphatic heterocycles. The van der Waals surface area contributed by atoms with Crippen molar-refractivity contribution in [3.05, 3.63) is 12.7 Å². The Labute approximate surface area is 132 Å². The molecule has 0 aromatic carbocycles. The predicted molar refractivity (Wildman–Crippen MR) is 92.1 cm³/mol. The van der Waals surface area contributed by atoms with Crippen LogP contribution in [0, 0.1) is 40.4 Å². The van der Waals surface area contributed by atoms with Crippen LogP contribution >= 0.6 is 0 Å². The third-order valence-electron chi connectivity index (χ3n) is 8.00. The molecular formula is C21H36. The van der Waals surface area contributed by atoms with E-state index in [9.17, 15) is 0 Å². The van der Waals surface area contributed by atoms with Gasteiger partial charge in [-0.25, -0.2) is 0 Å². The van der Waals surface area contributed by atoms with E-state index in [2.05, 4.69) is 40.3 Å². The maximum Gasteiger partial charge on any atom is -0.0179 e. The monoisotopic (exact) mass is 288 g/mol. The molecule has 0 heteroatoms. The Balaban J connectivity index is 1.89. The highest BCUT2D eigenvalue weighted by atomic mass is 14.6. The lowest BCUT2D eigenvalue weighted by Crippen LogP contribution is -2.50. The van der Waals surface area contributed by atoms with Crippen LogP contribution in [0.15, 0.2) is 12.7 Å². The molecule has 120 valence electrons. The summed E-state index contributed by atoms with van der Waals surface area (Å²) >= 11 is 0. The molecule has 0 bridgehead atoms. The van der Waals surface area contributed by atoms with E-state index in [1.54, 1.807) is 0 Å². The van der Waals surface area contributed by atoms with Crippen LogP contribution in [0.3, 0.4) is 0 Å². The minimum absolute atomic E-state index is 0.576. The van der Waals surface area contributed by atoms with Crippen molar-refractivity contribution >= 4 is 0 Å². The lowest BCUT2D eigenvalue weighted by Gasteiger charge is -2.58. The van der Waals surface area contributed by atoms with Gasteiger partial charge in [0.1, 0.15) is 0 Å². The molecule has 7 atom stereocenters. The number of fused-ring (bicyclic) bond motifs is 3. The van der Waals surface area contributed by atoms with Crippen molar-refractivity contribution < 1.29 is 0 Å². The Morgan fingerprint density at radius 1 is 1.14 bits per heavy atom. The second-order valence-corrected chi connectivity index (χ2v) is 9.29. The summed E-state index contributed by atoms with van der Waals surface area (Å²) in [5.41, 5.74) is 1.21. The van der Waals surface area contributed by atoms with Gasteiger partial charge in [0, 0.05) is 0 Å². The van der Waals surface area contributed by atoms with Crippen LogP contribution in [-0.4, -0.2) is 0 Å². The highest BCUT2D eigenvalue weighted by Gasteiger charge is 2.57. The lowest BCUT2D eigenvalue weighted by atomic mass is 9.47. The Kier molecular flexibility index (Phi) is 4.04. The quantitative estimate of drug-likeness (QED) is 0.522. The van der Waals surface area contributed by atoms with E-state index in [0.29, 0.717) is 10.8 Å². The maximum atomic E-state index is 4.16. The second kappa shape index (κ2) is 5.43. The van der Waals surface area contributed by atoms with Gasteiger partial charge in [-0.2, -0.15) is 0 Å². The van der Waals surface area contributed by atoms with Crippen LogP contribution in [0.2, 0.25) is 0 Å². The normalized spacial score (nSPS) is 53.0. The van der Waals surface area contributed by atoms with Crippen LogP contribution in [0.5, 0.6) is 0 Å². The molecule has 0 aromatic rings. The summed E-state index contributed by atoms with van der Waals surface area (Å²) in [7, 11) is 0. The molecule has 0 amide bonds. The summed E-state index contributed by atoms with van der Waals surface area (Å²) < 4.78 is 0. The highest BCUT2D eigenvalue weighted by molar-refractivity contribution is 5.10. The standard InChI is InChI=1S/C21H36/c1-6-11-20(4)14-15(3)13-17-18(20)10-12-21(5)16(7-2)8-9-19(17)21/h7,15-19H,2,6,8-14H2,1,3-5H3. The van der Waals surface area contributed by atoms with E-state index in [1.165, 1.54) is 51.4 Å². The highest BCUT2D eigenvalue weighted by Crippen LogP contribution is 2.65. The van der Waals surface area contributed by atoms with Gasteiger partial charge >= 0.3 is 0 Å². The van der Waals surface area contributed by atoms with E-state index in [1.807, 2.05) is 0 Å². The average molecular weight is 289 g/mol. The van der Waals surface area contributed by atoms with Gasteiger partial charge < -0.3 is 0 Å². The lowest BCUT2D eigenvalue weighted by molar-refractivity contribution is -0.0818. The van der Waals surface area contributed by atoms with Crippen molar-refractivity contribution in [1.82, 2.24) is 0 Å². The van der Waals surface area contributed by atoms with E-state index in [4.69, 9.17) is 0 Å². The topological polar surface area (TPSA) is 0 Å². The molecule has 7 unspecified atom stereocenters. The zero-order chi connectivity index (χ0) is 15.3. The predicted octanol–water partition coefficient (Wildman–Crippen LogP) is 6.47. The third-order valence-corrected chi connectivity index (χ3v) is 8.00. The minimum atomic E-state index is 0.576. The van der Waals surface area contributed by atoms with Gasteiger partial charge in [0.05, 0.1) is 0 Å². The van der Waals surface area contributed by atoms with E-state index < -0.39 is 0 Å². The van der Waals surface area contributed by atoms with Gasteiger partial charge in [-0.1, -0.05) is 40.2 Å². The fourth-order valence-corrected chi connectivity index (χ4v) is 7.26. The van der Waals surface area contributed by atoms with Gasteiger partial charge in [-0.3, -0.25) is 0 Å². The van der Waals surface area contributed by atoms with Gasteiger partial charge in [-0.05, 0) is 85.4 Å². The number of hydrogen-bond donors (Lipinski definition) is 0. The summed E-state index contributed by atoms with van der Waals surface area (Å²) in [6, 6.07) is 0. The number of rotatable bonds is 3. The molecule has 0 N–H and O–H groups in total. The van der Waals surface area contributed by atoms with Gasteiger partial charge in [0.2, 0.25) is 0 Å². The van der Waals surface area contributed by atoms with Crippen LogP contribution in [0.1, 0.15) is 79.1 Å². The summed E-state index contributed by atoms with van der Waals surface area (Å²) in [4.78, 5) is 0. The van der Waals surface area contributed by atoms with Crippen molar-refractivity contribution in [2.45, 2.75) is 79.1 Å². The molecule has 3 saturated carbocycles. The number of hydrogen-bond acceptors (Lipinski definition) is 0. The minimum Gasteiger partial charge on any atom is -0.103 e. The smallest absolute Gasteiger partial charge is 0.0179 e. The molecule has 0 spiro atoms. The van der Waals surface area contributed by atoms with E-state index in [-0.39, 0.29) is 0 Å². The van der Waals surface area contributed by atoms with Crippen molar-refractivity contribution in [2.75, 3.05) is 0 Å². The zero-order valence-electron chi connectivity index (χ0n) is 14.8. The van der Waals surface area contributed by atoms with Crippen LogP contribution in [0.4, 0.5) is 0 Å². The van der Waals surface area contributed by atoms with E-state index in [0.717, 1.165) is 29.6 Å². The Hall–Kier alpha value is -0.260. The molecule has 3 aliphatic rings. The van der Waals surface area contributed by atoms with Crippen LogP contribution < -0.4 is 0 Å². The van der Waals surface area contributed by atoms with Crippen LogP contribution in [-0.2, 0) is 0 Å². The molecule has 0 aromatic heterocycles. The molecule has 0 radical (unpaired) electrons. The number of allylic oxidation sites excluding steroid dienone is 1. The first kappa shape index (κ1) is 15.6. The van der Waals surface area contributed by atoms with Crippen molar-refractivity contribution in [3.63, 3.8) is 0 Å². The molecule has 21 heavy (non-hydrogen) atoms. The largest absolute Gasteiger partial charge is 0.103 e. The molecule has 0 nitrogen and oxygen atoms in total. The maximum absolute atomic E-state index is 4.16. The Bertz CT molecular complexity index is 397.